The van der Waals surface area contributed by atoms with Crippen LogP contribution in [-0.4, -0.2) is 16.8 Å². The second-order valence-corrected chi connectivity index (χ2v) is 16.4. The molecule has 38 heavy (non-hydrogen) atoms. The quantitative estimate of drug-likeness (QED) is 0.156. The Kier molecular flexibility index (Phi) is 14.9. The van der Waals surface area contributed by atoms with E-state index in [2.05, 4.69) is 104 Å². The van der Waals surface area contributed by atoms with Crippen molar-refractivity contribution >= 4 is 7.82 Å². The Morgan fingerprint density at radius 2 is 0.553 bits per heavy atom. The molecule has 230 valence electrons. The van der Waals surface area contributed by atoms with Crippen LogP contribution in [0.3, 0.4) is 0 Å². The molecule has 0 saturated heterocycles. The normalized spacial score (nSPS) is 14.8. The van der Waals surface area contributed by atoms with Crippen molar-refractivity contribution in [1.29, 1.82) is 0 Å². The van der Waals surface area contributed by atoms with Gasteiger partial charge in [-0.15, -0.1) is 0 Å². The molecule has 0 aliphatic carbocycles. The van der Waals surface area contributed by atoms with Crippen LogP contribution < -0.4 is 0 Å². The minimum absolute atomic E-state index is 0.235. The lowest BCUT2D eigenvalue weighted by atomic mass is 9.71. The molecule has 0 N–H and O–H groups in total. The van der Waals surface area contributed by atoms with Crippen molar-refractivity contribution in [1.82, 2.24) is 0 Å². The van der Waals surface area contributed by atoms with Crippen LogP contribution in [0.4, 0.5) is 0 Å². The fraction of sp³-hybridized carbons (Fsp3) is 1.00. The molecule has 0 heterocycles. The highest BCUT2D eigenvalue weighted by Gasteiger charge is 2.57. The molecule has 4 nitrogen and oxygen atoms in total. The summed E-state index contributed by atoms with van der Waals surface area (Å²) in [5.41, 5.74) is -2.55. The van der Waals surface area contributed by atoms with Gasteiger partial charge in [-0.1, -0.05) is 142 Å². The summed E-state index contributed by atoms with van der Waals surface area (Å²) in [4.78, 5) is 0. The molecule has 0 unspecified atom stereocenters. The zero-order valence-corrected chi connectivity index (χ0v) is 29.5. The topological polar surface area (TPSA) is 44.8 Å². The van der Waals surface area contributed by atoms with Crippen molar-refractivity contribution in [2.45, 2.75) is 198 Å². The third kappa shape index (κ3) is 9.32. The molecule has 0 radical (unpaired) electrons. The van der Waals surface area contributed by atoms with Crippen LogP contribution in [0, 0.1) is 16.2 Å². The average Bonchev–Trinajstić information content (AvgIpc) is 2.72. The predicted molar refractivity (Wildman–Crippen MR) is 167 cm³/mol. The van der Waals surface area contributed by atoms with E-state index in [0.29, 0.717) is 0 Å². The minimum atomic E-state index is -4.05. The first-order chi connectivity index (χ1) is 17.2. The molecule has 0 aromatic heterocycles. The molecule has 5 heteroatoms. The maximum absolute atomic E-state index is 15.6. The first-order valence-electron chi connectivity index (χ1n) is 16.0. The summed E-state index contributed by atoms with van der Waals surface area (Å²) in [6.07, 6.45) is 10.6. The number of hydrogen-bond acceptors (Lipinski definition) is 4. The molecule has 0 fully saturated rings. The van der Waals surface area contributed by atoms with E-state index >= 15 is 4.57 Å². The highest BCUT2D eigenvalue weighted by molar-refractivity contribution is 7.48. The highest BCUT2D eigenvalue weighted by atomic mass is 31.2. The second kappa shape index (κ2) is 14.8. The summed E-state index contributed by atoms with van der Waals surface area (Å²) in [7, 11) is -4.05. The van der Waals surface area contributed by atoms with E-state index in [1.807, 2.05) is 0 Å². The monoisotopic (exact) mass is 560 g/mol. The molecule has 0 aliphatic rings. The molecule has 0 atom stereocenters. The van der Waals surface area contributed by atoms with Crippen LogP contribution in [0.15, 0.2) is 0 Å². The molecule has 0 amide bonds. The third-order valence-electron chi connectivity index (χ3n) is 8.88. The van der Waals surface area contributed by atoms with Gasteiger partial charge in [0.1, 0.15) is 0 Å². The van der Waals surface area contributed by atoms with Gasteiger partial charge in [-0.3, -0.25) is 13.6 Å². The van der Waals surface area contributed by atoms with Crippen LogP contribution in [0.25, 0.3) is 0 Å². The molecule has 0 aromatic carbocycles. The van der Waals surface area contributed by atoms with Crippen LogP contribution in [0.5, 0.6) is 0 Å². The van der Waals surface area contributed by atoms with Gasteiger partial charge in [0, 0.05) is 0 Å². The van der Waals surface area contributed by atoms with Crippen molar-refractivity contribution in [3.63, 3.8) is 0 Å². The summed E-state index contributed by atoms with van der Waals surface area (Å²) < 4.78 is 36.8. The Balaban J connectivity index is 7.44. The number of hydrogen-bond donors (Lipinski definition) is 0. The van der Waals surface area contributed by atoms with Crippen molar-refractivity contribution in [2.24, 2.45) is 16.2 Å². The first-order valence-corrected chi connectivity index (χ1v) is 17.4. The van der Waals surface area contributed by atoms with Gasteiger partial charge in [0.2, 0.25) is 0 Å². The van der Waals surface area contributed by atoms with Crippen molar-refractivity contribution in [2.75, 3.05) is 0 Å². The van der Waals surface area contributed by atoms with E-state index in [1.54, 1.807) is 0 Å². The minimum Gasteiger partial charge on any atom is -0.280 e. The Hall–Kier alpha value is 0.110. The lowest BCUT2D eigenvalue weighted by Crippen LogP contribution is -2.51. The van der Waals surface area contributed by atoms with E-state index in [9.17, 15) is 0 Å². The Bertz CT molecular complexity index is 595. The second-order valence-electron chi connectivity index (χ2n) is 15.0. The van der Waals surface area contributed by atoms with Crippen molar-refractivity contribution in [3.8, 4) is 0 Å². The van der Waals surface area contributed by atoms with Gasteiger partial charge in [-0.05, 0) is 54.8 Å². The number of phosphoric acid groups is 1. The van der Waals surface area contributed by atoms with Crippen LogP contribution in [0.2, 0.25) is 0 Å². The summed E-state index contributed by atoms with van der Waals surface area (Å²) in [6.45, 7) is 33.1. The van der Waals surface area contributed by atoms with Gasteiger partial charge >= 0.3 is 7.82 Å². The van der Waals surface area contributed by atoms with Gasteiger partial charge in [0.25, 0.3) is 0 Å². The lowest BCUT2D eigenvalue weighted by Gasteiger charge is -2.53. The molecule has 0 spiro atoms. The SMILES string of the molecule is CCCC(CCC)(OP(=O)(OC(CCC)(CCC)C(C)(C)C)OC(CCC)(CCC)C(C)(C)C)C(C)(C)C. The molecule has 0 aliphatic heterocycles. The molecule has 0 rings (SSSR count). The fourth-order valence-electron chi connectivity index (χ4n) is 6.43. The van der Waals surface area contributed by atoms with Gasteiger partial charge < -0.3 is 0 Å². The largest absolute Gasteiger partial charge is 0.476 e. The maximum Gasteiger partial charge on any atom is 0.476 e. The molecular formula is C33H69O4P. The van der Waals surface area contributed by atoms with Crippen LogP contribution >= 0.6 is 7.82 Å². The van der Waals surface area contributed by atoms with E-state index < -0.39 is 24.6 Å². The van der Waals surface area contributed by atoms with E-state index in [1.165, 1.54) is 0 Å². The maximum atomic E-state index is 15.6. The van der Waals surface area contributed by atoms with Gasteiger partial charge in [0.15, 0.2) is 0 Å². The molecule has 0 bridgehead atoms. The molecular weight excluding hydrogens is 491 g/mol. The standard InChI is InChI=1S/C33H69O4P/c1-16-22-31(23-17-2,28(7,8)9)35-38(34,36-32(24-18-3,25-19-4)29(10,11)12)37-33(26-20-5,27-21-6)30(13,14)15/h16-27H2,1-15H3. The van der Waals surface area contributed by atoms with E-state index in [-0.39, 0.29) is 16.2 Å². The Morgan fingerprint density at radius 3 is 0.658 bits per heavy atom. The Labute approximate surface area is 239 Å². The summed E-state index contributed by atoms with van der Waals surface area (Å²) in [5.74, 6) is 0. The zero-order valence-electron chi connectivity index (χ0n) is 28.6. The van der Waals surface area contributed by atoms with Gasteiger partial charge in [-0.25, -0.2) is 4.57 Å². The smallest absolute Gasteiger partial charge is 0.280 e. The van der Waals surface area contributed by atoms with Gasteiger partial charge in [0.05, 0.1) is 16.8 Å². The summed E-state index contributed by atoms with van der Waals surface area (Å²) in [6, 6.07) is 0. The van der Waals surface area contributed by atoms with E-state index in [4.69, 9.17) is 13.6 Å². The third-order valence-corrected chi connectivity index (χ3v) is 10.6. The van der Waals surface area contributed by atoms with Crippen molar-refractivity contribution < 1.29 is 18.1 Å². The average molecular weight is 561 g/mol. The fourth-order valence-corrected chi connectivity index (χ4v) is 9.20. The number of phosphoric ester groups is 1. The highest BCUT2D eigenvalue weighted by Crippen LogP contribution is 2.67. The van der Waals surface area contributed by atoms with Crippen LogP contribution in [0.1, 0.15) is 181 Å². The predicted octanol–water partition coefficient (Wildman–Crippen LogP) is 12.3. The Morgan fingerprint density at radius 1 is 0.395 bits per heavy atom. The number of rotatable bonds is 18. The first kappa shape index (κ1) is 38.1. The molecule has 0 aromatic rings. The lowest BCUT2D eigenvalue weighted by molar-refractivity contribution is -0.150. The summed E-state index contributed by atoms with van der Waals surface area (Å²) >= 11 is 0. The van der Waals surface area contributed by atoms with Crippen molar-refractivity contribution in [3.05, 3.63) is 0 Å². The van der Waals surface area contributed by atoms with E-state index in [0.717, 1.165) is 77.0 Å². The summed E-state index contributed by atoms with van der Waals surface area (Å²) in [5, 5.41) is 0. The van der Waals surface area contributed by atoms with Crippen LogP contribution in [-0.2, 0) is 18.1 Å². The zero-order chi connectivity index (χ0) is 30.1. The molecule has 0 saturated carbocycles. The van der Waals surface area contributed by atoms with Gasteiger partial charge in [-0.2, -0.15) is 0 Å².